The number of aryl methyl sites for hydroxylation is 1. The molecule has 2 aromatic rings. The van der Waals surface area contributed by atoms with Gasteiger partial charge in [0.05, 0.1) is 0 Å². The minimum Gasteiger partial charge on any atom is -0.507 e. The maximum Gasteiger partial charge on any atom is 0.339 e. The monoisotopic (exact) mass is 298 g/mol. The molecule has 1 atom stereocenters. The standard InChI is InChI=1S/C19H22O3/c1-5-19(4,14-9-7-6-8-10-14)15-11-12(2)17(20)16(13(15)3)18(21)22/h6-11,20H,5H2,1-4H3,(H,21,22). The first-order chi connectivity index (χ1) is 10.3. The van der Waals surface area contributed by atoms with Gasteiger partial charge in [0, 0.05) is 5.41 Å². The molecule has 22 heavy (non-hydrogen) atoms. The molecule has 0 aliphatic rings. The molecule has 0 spiro atoms. The molecule has 0 radical (unpaired) electrons. The highest BCUT2D eigenvalue weighted by molar-refractivity contribution is 5.93. The van der Waals surface area contributed by atoms with Crippen LogP contribution < -0.4 is 0 Å². The molecule has 0 fully saturated rings. The summed E-state index contributed by atoms with van der Waals surface area (Å²) in [7, 11) is 0. The van der Waals surface area contributed by atoms with Crippen molar-refractivity contribution < 1.29 is 15.0 Å². The number of hydrogen-bond donors (Lipinski definition) is 2. The van der Waals surface area contributed by atoms with E-state index in [9.17, 15) is 15.0 Å². The Labute approximate surface area is 131 Å². The van der Waals surface area contributed by atoms with Gasteiger partial charge in [-0.05, 0) is 42.5 Å². The number of carbonyl (C=O) groups is 1. The number of aromatic hydroxyl groups is 1. The maximum absolute atomic E-state index is 11.5. The molecule has 0 amide bonds. The van der Waals surface area contributed by atoms with Crippen molar-refractivity contribution in [2.24, 2.45) is 0 Å². The number of aromatic carboxylic acids is 1. The van der Waals surface area contributed by atoms with Gasteiger partial charge in [-0.15, -0.1) is 0 Å². The van der Waals surface area contributed by atoms with Gasteiger partial charge in [0.15, 0.2) is 0 Å². The lowest BCUT2D eigenvalue weighted by Crippen LogP contribution is -2.25. The predicted octanol–water partition coefficient (Wildman–Crippen LogP) is 4.42. The molecule has 116 valence electrons. The van der Waals surface area contributed by atoms with E-state index in [1.165, 1.54) is 0 Å². The van der Waals surface area contributed by atoms with Crippen LogP contribution in [-0.2, 0) is 5.41 Å². The Kier molecular flexibility index (Phi) is 4.27. The molecule has 3 heteroatoms. The maximum atomic E-state index is 11.5. The number of carboxylic acids is 1. The Morgan fingerprint density at radius 3 is 2.27 bits per heavy atom. The fourth-order valence-corrected chi connectivity index (χ4v) is 3.09. The Morgan fingerprint density at radius 2 is 1.77 bits per heavy atom. The lowest BCUT2D eigenvalue weighted by molar-refractivity contribution is 0.0692. The van der Waals surface area contributed by atoms with Crippen molar-refractivity contribution in [3.05, 3.63) is 64.2 Å². The molecule has 0 heterocycles. The number of phenols is 1. The van der Waals surface area contributed by atoms with Crippen LogP contribution in [0.2, 0.25) is 0 Å². The minimum absolute atomic E-state index is 0.00519. The molecule has 1 unspecified atom stereocenters. The number of hydrogen-bond acceptors (Lipinski definition) is 2. The molecule has 0 bridgehead atoms. The van der Waals surface area contributed by atoms with Gasteiger partial charge in [-0.1, -0.05) is 50.2 Å². The normalized spacial score (nSPS) is 13.6. The van der Waals surface area contributed by atoms with E-state index < -0.39 is 5.97 Å². The molecular weight excluding hydrogens is 276 g/mol. The van der Waals surface area contributed by atoms with Crippen LogP contribution in [0.1, 0.15) is 52.9 Å². The third kappa shape index (κ3) is 2.47. The SMILES string of the molecule is CCC(C)(c1ccccc1)c1cc(C)c(O)c(C(=O)O)c1C. The summed E-state index contributed by atoms with van der Waals surface area (Å²) in [6, 6.07) is 12.0. The molecular formula is C19H22O3. The molecule has 2 N–H and O–H groups in total. The van der Waals surface area contributed by atoms with Gasteiger partial charge >= 0.3 is 5.97 Å². The number of carboxylic acid groups (broad SMARTS) is 1. The van der Waals surface area contributed by atoms with Crippen LogP contribution in [0.3, 0.4) is 0 Å². The largest absolute Gasteiger partial charge is 0.507 e. The first kappa shape index (κ1) is 16.1. The van der Waals surface area contributed by atoms with Gasteiger partial charge < -0.3 is 10.2 Å². The van der Waals surface area contributed by atoms with Crippen LogP contribution in [0, 0.1) is 13.8 Å². The van der Waals surface area contributed by atoms with Crippen molar-refractivity contribution in [1.29, 1.82) is 0 Å². The van der Waals surface area contributed by atoms with Gasteiger partial charge in [-0.2, -0.15) is 0 Å². The summed E-state index contributed by atoms with van der Waals surface area (Å²) in [5.41, 5.74) is 3.02. The molecule has 3 nitrogen and oxygen atoms in total. The summed E-state index contributed by atoms with van der Waals surface area (Å²) in [6.45, 7) is 7.72. The van der Waals surface area contributed by atoms with Gasteiger partial charge in [0.2, 0.25) is 0 Å². The number of benzene rings is 2. The second kappa shape index (κ2) is 5.84. The highest BCUT2D eigenvalue weighted by Gasteiger charge is 2.31. The molecule has 0 saturated carbocycles. The second-order valence-electron chi connectivity index (χ2n) is 5.95. The van der Waals surface area contributed by atoms with E-state index in [1.54, 1.807) is 13.8 Å². The summed E-state index contributed by atoms with van der Waals surface area (Å²) in [5.74, 6) is -1.23. The van der Waals surface area contributed by atoms with E-state index >= 15 is 0 Å². The van der Waals surface area contributed by atoms with Crippen molar-refractivity contribution in [2.75, 3.05) is 0 Å². The van der Waals surface area contributed by atoms with Crippen LogP contribution >= 0.6 is 0 Å². The predicted molar refractivity (Wildman–Crippen MR) is 87.7 cm³/mol. The van der Waals surface area contributed by atoms with Crippen molar-refractivity contribution in [3.8, 4) is 5.75 Å². The smallest absolute Gasteiger partial charge is 0.339 e. The summed E-state index contributed by atoms with van der Waals surface area (Å²) in [5, 5.41) is 19.5. The molecule has 0 aromatic heterocycles. The van der Waals surface area contributed by atoms with Gasteiger partial charge in [0.25, 0.3) is 0 Å². The lowest BCUT2D eigenvalue weighted by Gasteiger charge is -2.32. The van der Waals surface area contributed by atoms with Crippen molar-refractivity contribution in [2.45, 2.75) is 39.5 Å². The van der Waals surface area contributed by atoms with Crippen molar-refractivity contribution in [1.82, 2.24) is 0 Å². The van der Waals surface area contributed by atoms with E-state index in [2.05, 4.69) is 26.0 Å². The van der Waals surface area contributed by atoms with Gasteiger partial charge in [-0.3, -0.25) is 0 Å². The van der Waals surface area contributed by atoms with Crippen LogP contribution in [0.5, 0.6) is 5.75 Å². The third-order valence-electron chi connectivity index (χ3n) is 4.68. The molecule has 0 aliphatic carbocycles. The highest BCUT2D eigenvalue weighted by atomic mass is 16.4. The van der Waals surface area contributed by atoms with Gasteiger partial charge in [-0.25, -0.2) is 4.79 Å². The average Bonchev–Trinajstić information content (AvgIpc) is 2.51. The first-order valence-electron chi connectivity index (χ1n) is 7.45. The molecule has 2 rings (SSSR count). The Balaban J connectivity index is 2.78. The van der Waals surface area contributed by atoms with E-state index in [-0.39, 0.29) is 16.7 Å². The molecule has 2 aromatic carbocycles. The Bertz CT molecular complexity index is 704. The van der Waals surface area contributed by atoms with Crippen LogP contribution in [0.15, 0.2) is 36.4 Å². The van der Waals surface area contributed by atoms with Gasteiger partial charge in [0.1, 0.15) is 11.3 Å². The number of rotatable bonds is 4. The van der Waals surface area contributed by atoms with E-state index in [1.807, 2.05) is 24.3 Å². The van der Waals surface area contributed by atoms with Crippen LogP contribution in [0.4, 0.5) is 0 Å². The van der Waals surface area contributed by atoms with Crippen molar-refractivity contribution in [3.63, 3.8) is 0 Å². The van der Waals surface area contributed by atoms with Crippen molar-refractivity contribution >= 4 is 5.97 Å². The second-order valence-corrected chi connectivity index (χ2v) is 5.95. The summed E-state index contributed by atoms with van der Waals surface area (Å²) >= 11 is 0. The molecule has 0 saturated heterocycles. The summed E-state index contributed by atoms with van der Waals surface area (Å²) < 4.78 is 0. The van der Waals surface area contributed by atoms with Crippen LogP contribution in [0.25, 0.3) is 0 Å². The summed E-state index contributed by atoms with van der Waals surface area (Å²) in [6.07, 6.45) is 0.834. The minimum atomic E-state index is -1.09. The zero-order valence-corrected chi connectivity index (χ0v) is 13.5. The zero-order valence-electron chi connectivity index (χ0n) is 13.5. The van der Waals surface area contributed by atoms with E-state index in [0.717, 1.165) is 17.5 Å². The summed E-state index contributed by atoms with van der Waals surface area (Å²) in [4.78, 5) is 11.5. The Morgan fingerprint density at radius 1 is 1.18 bits per heavy atom. The fourth-order valence-electron chi connectivity index (χ4n) is 3.09. The highest BCUT2D eigenvalue weighted by Crippen LogP contribution is 2.41. The fraction of sp³-hybridized carbons (Fsp3) is 0.316. The quantitative estimate of drug-likeness (QED) is 0.878. The van der Waals surface area contributed by atoms with Crippen LogP contribution in [-0.4, -0.2) is 16.2 Å². The zero-order chi connectivity index (χ0) is 16.5. The first-order valence-corrected chi connectivity index (χ1v) is 7.45. The topological polar surface area (TPSA) is 57.5 Å². The lowest BCUT2D eigenvalue weighted by atomic mass is 9.71. The van der Waals surface area contributed by atoms with E-state index in [0.29, 0.717) is 11.1 Å². The Hall–Kier alpha value is -2.29. The van der Waals surface area contributed by atoms with E-state index in [4.69, 9.17) is 0 Å². The third-order valence-corrected chi connectivity index (χ3v) is 4.68. The average molecular weight is 298 g/mol. The molecule has 0 aliphatic heterocycles.